The maximum Gasteiger partial charge on any atom is 0.0469 e. The summed E-state index contributed by atoms with van der Waals surface area (Å²) in [6.07, 6.45) is 4.81. The molecule has 0 bridgehead atoms. The SMILES string of the molecule is CNC(CCc1ccccc1)C1CCOCC1. The number of aryl methyl sites for hydroxylation is 1. The van der Waals surface area contributed by atoms with Gasteiger partial charge < -0.3 is 10.1 Å². The van der Waals surface area contributed by atoms with E-state index in [4.69, 9.17) is 4.74 Å². The zero-order valence-electron chi connectivity index (χ0n) is 10.7. The summed E-state index contributed by atoms with van der Waals surface area (Å²) in [5.41, 5.74) is 1.44. The minimum Gasteiger partial charge on any atom is -0.381 e. The van der Waals surface area contributed by atoms with Crippen molar-refractivity contribution in [3.05, 3.63) is 35.9 Å². The molecule has 2 nitrogen and oxygen atoms in total. The highest BCUT2D eigenvalue weighted by Gasteiger charge is 2.22. The zero-order valence-corrected chi connectivity index (χ0v) is 10.7. The highest BCUT2D eigenvalue weighted by Crippen LogP contribution is 2.21. The highest BCUT2D eigenvalue weighted by molar-refractivity contribution is 5.14. The second kappa shape index (κ2) is 6.77. The molecule has 0 aromatic heterocycles. The summed E-state index contributed by atoms with van der Waals surface area (Å²) in [5.74, 6) is 0.789. The van der Waals surface area contributed by atoms with Crippen LogP contribution in [0.25, 0.3) is 0 Å². The number of benzene rings is 1. The summed E-state index contributed by atoms with van der Waals surface area (Å²) in [7, 11) is 2.09. The van der Waals surface area contributed by atoms with Crippen LogP contribution in [0.1, 0.15) is 24.8 Å². The smallest absolute Gasteiger partial charge is 0.0469 e. The van der Waals surface area contributed by atoms with Crippen LogP contribution < -0.4 is 5.32 Å². The Kier molecular flexibility index (Phi) is 5.02. The van der Waals surface area contributed by atoms with Crippen molar-refractivity contribution in [1.82, 2.24) is 5.32 Å². The van der Waals surface area contributed by atoms with Crippen LogP contribution in [-0.2, 0) is 11.2 Å². The first-order valence-electron chi connectivity index (χ1n) is 6.69. The third-order valence-electron chi connectivity index (χ3n) is 3.79. The minimum atomic E-state index is 0.638. The Bertz CT molecular complexity index is 306. The van der Waals surface area contributed by atoms with Crippen LogP contribution in [0.4, 0.5) is 0 Å². The van der Waals surface area contributed by atoms with Gasteiger partial charge in [-0.05, 0) is 44.2 Å². The van der Waals surface area contributed by atoms with Crippen LogP contribution in [0.2, 0.25) is 0 Å². The standard InChI is InChI=1S/C15H23NO/c1-16-15(14-9-11-17-12-10-14)8-7-13-5-3-2-4-6-13/h2-6,14-16H,7-12H2,1H3. The number of rotatable bonds is 5. The molecule has 17 heavy (non-hydrogen) atoms. The molecule has 1 aromatic carbocycles. The minimum absolute atomic E-state index is 0.638. The lowest BCUT2D eigenvalue weighted by molar-refractivity contribution is 0.0537. The van der Waals surface area contributed by atoms with E-state index in [1.807, 2.05) is 0 Å². The second-order valence-electron chi connectivity index (χ2n) is 4.87. The first-order valence-corrected chi connectivity index (χ1v) is 6.69. The zero-order chi connectivity index (χ0) is 11.9. The molecule has 0 amide bonds. The molecule has 94 valence electrons. The van der Waals surface area contributed by atoms with Crippen molar-refractivity contribution in [2.75, 3.05) is 20.3 Å². The monoisotopic (exact) mass is 233 g/mol. The van der Waals surface area contributed by atoms with E-state index in [0.29, 0.717) is 6.04 Å². The topological polar surface area (TPSA) is 21.3 Å². The third kappa shape index (κ3) is 3.83. The average Bonchev–Trinajstić information content (AvgIpc) is 2.42. The van der Waals surface area contributed by atoms with E-state index < -0.39 is 0 Å². The lowest BCUT2D eigenvalue weighted by Gasteiger charge is -2.30. The fourth-order valence-corrected chi connectivity index (χ4v) is 2.70. The largest absolute Gasteiger partial charge is 0.381 e. The first kappa shape index (κ1) is 12.6. The van der Waals surface area contributed by atoms with Crippen LogP contribution in [0.5, 0.6) is 0 Å². The van der Waals surface area contributed by atoms with Gasteiger partial charge in [-0.1, -0.05) is 30.3 Å². The summed E-state index contributed by atoms with van der Waals surface area (Å²) in [4.78, 5) is 0. The number of hydrogen-bond donors (Lipinski definition) is 1. The van der Waals surface area contributed by atoms with Gasteiger partial charge in [-0.2, -0.15) is 0 Å². The first-order chi connectivity index (χ1) is 8.40. The molecule has 1 heterocycles. The van der Waals surface area contributed by atoms with Gasteiger partial charge in [0.1, 0.15) is 0 Å². The summed E-state index contributed by atoms with van der Waals surface area (Å²) in [6, 6.07) is 11.4. The van der Waals surface area contributed by atoms with Gasteiger partial charge in [0.15, 0.2) is 0 Å². The van der Waals surface area contributed by atoms with E-state index in [1.54, 1.807) is 0 Å². The molecule has 1 N–H and O–H groups in total. The van der Waals surface area contributed by atoms with E-state index >= 15 is 0 Å². The fourth-order valence-electron chi connectivity index (χ4n) is 2.70. The average molecular weight is 233 g/mol. The molecular formula is C15H23NO. The molecule has 0 saturated carbocycles. The van der Waals surface area contributed by atoms with Crippen molar-refractivity contribution >= 4 is 0 Å². The second-order valence-corrected chi connectivity index (χ2v) is 4.87. The molecule has 0 aliphatic carbocycles. The Morgan fingerprint density at radius 2 is 1.94 bits per heavy atom. The summed E-state index contributed by atoms with van der Waals surface area (Å²) in [6.45, 7) is 1.88. The maximum atomic E-state index is 5.43. The molecule has 1 aromatic rings. The lowest BCUT2D eigenvalue weighted by atomic mass is 9.88. The fraction of sp³-hybridized carbons (Fsp3) is 0.600. The van der Waals surface area contributed by atoms with Gasteiger partial charge in [-0.25, -0.2) is 0 Å². The molecule has 1 unspecified atom stereocenters. The highest BCUT2D eigenvalue weighted by atomic mass is 16.5. The molecule has 1 fully saturated rings. The van der Waals surface area contributed by atoms with E-state index in [9.17, 15) is 0 Å². The van der Waals surface area contributed by atoms with Crippen LogP contribution >= 0.6 is 0 Å². The lowest BCUT2D eigenvalue weighted by Crippen LogP contribution is -2.37. The predicted molar refractivity (Wildman–Crippen MR) is 71.2 cm³/mol. The van der Waals surface area contributed by atoms with Gasteiger partial charge >= 0.3 is 0 Å². The Labute approximate surface area is 104 Å². The molecule has 0 spiro atoms. The third-order valence-corrected chi connectivity index (χ3v) is 3.79. The van der Waals surface area contributed by atoms with Crippen molar-refractivity contribution in [2.45, 2.75) is 31.7 Å². The molecule has 2 heteroatoms. The summed E-state index contributed by atoms with van der Waals surface area (Å²) in [5, 5.41) is 3.49. The Balaban J connectivity index is 1.82. The van der Waals surface area contributed by atoms with Crippen LogP contribution in [0, 0.1) is 5.92 Å². The van der Waals surface area contributed by atoms with E-state index in [1.165, 1.54) is 31.2 Å². The Hall–Kier alpha value is -0.860. The molecule has 1 atom stereocenters. The normalized spacial score (nSPS) is 19.1. The number of nitrogens with one attached hydrogen (secondary N) is 1. The van der Waals surface area contributed by atoms with Gasteiger partial charge in [0.05, 0.1) is 0 Å². The van der Waals surface area contributed by atoms with Crippen molar-refractivity contribution < 1.29 is 4.74 Å². The molecule has 1 aliphatic rings. The van der Waals surface area contributed by atoms with Crippen molar-refractivity contribution in [2.24, 2.45) is 5.92 Å². The summed E-state index contributed by atoms with van der Waals surface area (Å²) >= 11 is 0. The van der Waals surface area contributed by atoms with Crippen molar-refractivity contribution in [3.63, 3.8) is 0 Å². The van der Waals surface area contributed by atoms with E-state index in [0.717, 1.165) is 19.1 Å². The Morgan fingerprint density at radius 3 is 2.59 bits per heavy atom. The maximum absolute atomic E-state index is 5.43. The number of ether oxygens (including phenoxy) is 1. The molecule has 1 saturated heterocycles. The quantitative estimate of drug-likeness (QED) is 0.844. The molecule has 2 rings (SSSR count). The van der Waals surface area contributed by atoms with Gasteiger partial charge in [0.2, 0.25) is 0 Å². The molecular weight excluding hydrogens is 210 g/mol. The van der Waals surface area contributed by atoms with Crippen LogP contribution in [-0.4, -0.2) is 26.3 Å². The van der Waals surface area contributed by atoms with Gasteiger partial charge in [0.25, 0.3) is 0 Å². The molecule has 1 aliphatic heterocycles. The summed E-state index contributed by atoms with van der Waals surface area (Å²) < 4.78 is 5.43. The van der Waals surface area contributed by atoms with Gasteiger partial charge in [0, 0.05) is 19.3 Å². The van der Waals surface area contributed by atoms with Crippen molar-refractivity contribution in [3.8, 4) is 0 Å². The van der Waals surface area contributed by atoms with Gasteiger partial charge in [-0.3, -0.25) is 0 Å². The molecule has 0 radical (unpaired) electrons. The van der Waals surface area contributed by atoms with E-state index in [2.05, 4.69) is 42.7 Å². The van der Waals surface area contributed by atoms with Crippen molar-refractivity contribution in [1.29, 1.82) is 0 Å². The number of hydrogen-bond acceptors (Lipinski definition) is 2. The van der Waals surface area contributed by atoms with Crippen LogP contribution in [0.15, 0.2) is 30.3 Å². The van der Waals surface area contributed by atoms with E-state index in [-0.39, 0.29) is 0 Å². The van der Waals surface area contributed by atoms with Crippen LogP contribution in [0.3, 0.4) is 0 Å². The van der Waals surface area contributed by atoms with Gasteiger partial charge in [-0.15, -0.1) is 0 Å². The predicted octanol–water partition coefficient (Wildman–Crippen LogP) is 2.63. The Morgan fingerprint density at radius 1 is 1.24 bits per heavy atom.